The molecule has 154 valence electrons. The van der Waals surface area contributed by atoms with Crippen molar-refractivity contribution in [2.45, 2.75) is 44.8 Å². The molecule has 2 atom stereocenters. The Morgan fingerprint density at radius 2 is 2.07 bits per heavy atom. The maximum absolute atomic E-state index is 13.7. The summed E-state index contributed by atoms with van der Waals surface area (Å²) in [7, 11) is 2.03. The van der Waals surface area contributed by atoms with E-state index in [4.69, 9.17) is 10.7 Å². The summed E-state index contributed by atoms with van der Waals surface area (Å²) < 4.78 is 15.8. The van der Waals surface area contributed by atoms with Crippen molar-refractivity contribution in [3.8, 4) is 0 Å². The number of hydrogen-bond donors (Lipinski definition) is 1. The summed E-state index contributed by atoms with van der Waals surface area (Å²) in [5, 5.41) is 2.02. The monoisotopic (exact) mass is 403 g/mol. The van der Waals surface area contributed by atoms with Gasteiger partial charge in [-0.05, 0) is 73.7 Å². The lowest BCUT2D eigenvalue weighted by molar-refractivity contribution is 0.587. The third-order valence-electron chi connectivity index (χ3n) is 6.30. The van der Waals surface area contributed by atoms with Crippen LogP contribution in [0, 0.1) is 12.7 Å². The predicted octanol–water partition coefficient (Wildman–Crippen LogP) is 4.46. The molecular weight excluding hydrogens is 377 g/mol. The van der Waals surface area contributed by atoms with Crippen LogP contribution < -0.4 is 10.6 Å². The number of nitrogens with two attached hydrogens (primary N) is 1. The molecule has 0 aliphatic heterocycles. The number of nitrogens with zero attached hydrogens (tertiary/aromatic N) is 4. The van der Waals surface area contributed by atoms with Crippen LogP contribution in [0.4, 0.5) is 10.2 Å². The summed E-state index contributed by atoms with van der Waals surface area (Å²) in [4.78, 5) is 11.8. The van der Waals surface area contributed by atoms with Crippen molar-refractivity contribution in [1.82, 2.24) is 14.5 Å². The number of aromatic nitrogens is 3. The van der Waals surface area contributed by atoms with Crippen molar-refractivity contribution < 1.29 is 4.39 Å². The van der Waals surface area contributed by atoms with Gasteiger partial charge in [-0.3, -0.25) is 0 Å². The number of hydrogen-bond acceptors (Lipinski definition) is 4. The normalized spacial score (nSPS) is 19.1. The van der Waals surface area contributed by atoms with Gasteiger partial charge in [0.15, 0.2) is 0 Å². The molecule has 4 aromatic rings. The Kier molecular flexibility index (Phi) is 4.66. The number of rotatable bonds is 4. The second-order valence-corrected chi connectivity index (χ2v) is 8.45. The van der Waals surface area contributed by atoms with E-state index < -0.39 is 0 Å². The van der Waals surface area contributed by atoms with Gasteiger partial charge in [0.2, 0.25) is 0 Å². The molecule has 2 N–H and O–H groups in total. The second kappa shape index (κ2) is 7.36. The first-order chi connectivity index (χ1) is 14.5. The highest BCUT2D eigenvalue weighted by molar-refractivity contribution is 5.84. The lowest BCUT2D eigenvalue weighted by Crippen LogP contribution is -2.35. The zero-order valence-electron chi connectivity index (χ0n) is 17.3. The summed E-state index contributed by atoms with van der Waals surface area (Å²) in [6, 6.07) is 11.5. The molecule has 1 fully saturated rings. The van der Waals surface area contributed by atoms with Crippen molar-refractivity contribution >= 4 is 27.8 Å². The van der Waals surface area contributed by atoms with Crippen molar-refractivity contribution in [3.63, 3.8) is 0 Å². The second-order valence-electron chi connectivity index (χ2n) is 8.45. The maximum Gasteiger partial charge on any atom is 0.139 e. The van der Waals surface area contributed by atoms with E-state index in [9.17, 15) is 4.39 Å². The van der Waals surface area contributed by atoms with Crippen molar-refractivity contribution in [1.29, 1.82) is 0 Å². The van der Waals surface area contributed by atoms with Crippen LogP contribution in [0.5, 0.6) is 0 Å². The van der Waals surface area contributed by atoms with Crippen LogP contribution >= 0.6 is 0 Å². The summed E-state index contributed by atoms with van der Waals surface area (Å²) in [5.74, 6) is 0.689. The van der Waals surface area contributed by atoms with Gasteiger partial charge < -0.3 is 15.2 Å². The van der Waals surface area contributed by atoms with Gasteiger partial charge in [0, 0.05) is 48.8 Å². The summed E-state index contributed by atoms with van der Waals surface area (Å²) in [6.45, 7) is 2.76. The van der Waals surface area contributed by atoms with E-state index in [0.717, 1.165) is 59.1 Å². The van der Waals surface area contributed by atoms with Crippen molar-refractivity contribution in [2.24, 2.45) is 12.8 Å². The Hall–Kier alpha value is -2.99. The Morgan fingerprint density at radius 3 is 2.87 bits per heavy atom. The molecule has 1 saturated carbocycles. The first-order valence-electron chi connectivity index (χ1n) is 10.5. The quantitative estimate of drug-likeness (QED) is 0.547. The van der Waals surface area contributed by atoms with Crippen LogP contribution in [-0.2, 0) is 13.6 Å². The third kappa shape index (κ3) is 3.31. The smallest absolute Gasteiger partial charge is 0.139 e. The fraction of sp³-hybridized carbons (Fsp3) is 0.333. The van der Waals surface area contributed by atoms with Gasteiger partial charge in [0.1, 0.15) is 17.3 Å². The molecule has 2 unspecified atom stereocenters. The van der Waals surface area contributed by atoms with E-state index in [-0.39, 0.29) is 11.9 Å². The van der Waals surface area contributed by atoms with E-state index in [1.54, 1.807) is 12.1 Å². The minimum absolute atomic E-state index is 0.224. The number of halogens is 1. The van der Waals surface area contributed by atoms with Gasteiger partial charge in [-0.25, -0.2) is 14.4 Å². The average molecular weight is 404 g/mol. The van der Waals surface area contributed by atoms with Gasteiger partial charge >= 0.3 is 0 Å². The lowest BCUT2D eigenvalue weighted by Gasteiger charge is -2.31. The first-order valence-corrected chi connectivity index (χ1v) is 10.5. The number of fused-ring (bicyclic) bond motifs is 2. The van der Waals surface area contributed by atoms with Gasteiger partial charge in [-0.1, -0.05) is 0 Å². The number of benzene rings is 1. The fourth-order valence-corrected chi connectivity index (χ4v) is 4.77. The number of anilines is 1. The van der Waals surface area contributed by atoms with Gasteiger partial charge in [-0.2, -0.15) is 0 Å². The van der Waals surface area contributed by atoms with E-state index in [0.29, 0.717) is 6.04 Å². The summed E-state index contributed by atoms with van der Waals surface area (Å²) in [6.07, 6.45) is 7.00. The molecule has 3 heterocycles. The Labute approximate surface area is 175 Å². The minimum atomic E-state index is -0.234. The summed E-state index contributed by atoms with van der Waals surface area (Å²) in [5.41, 5.74) is 10.3. The zero-order valence-corrected chi connectivity index (χ0v) is 17.3. The third-order valence-corrected chi connectivity index (χ3v) is 6.30. The van der Waals surface area contributed by atoms with Crippen molar-refractivity contribution in [3.05, 3.63) is 65.7 Å². The van der Waals surface area contributed by atoms with E-state index in [1.807, 2.05) is 26.2 Å². The molecule has 0 spiro atoms. The standard InChI is InChI=1S/C24H26FN5/c1-15-10-23(28-22-8-5-17(25)11-21(15)22)30(19-7-6-18(26)12-19)14-16-13-29(2)24-20(16)4-3-9-27-24/h3-5,8-11,13,18-19H,6-7,12,14,26H2,1-2H3. The first kappa shape index (κ1) is 19.0. The van der Waals surface area contributed by atoms with Crippen LogP contribution in [0.3, 0.4) is 0 Å². The minimum Gasteiger partial charge on any atom is -0.349 e. The zero-order chi connectivity index (χ0) is 20.8. The van der Waals surface area contributed by atoms with Crippen LogP contribution in [0.15, 0.2) is 48.8 Å². The molecule has 0 bridgehead atoms. The Morgan fingerprint density at radius 1 is 1.20 bits per heavy atom. The molecule has 3 aromatic heterocycles. The lowest BCUT2D eigenvalue weighted by atomic mass is 10.1. The molecule has 1 aromatic carbocycles. The molecule has 0 radical (unpaired) electrons. The van der Waals surface area contributed by atoms with Crippen LogP contribution in [-0.4, -0.2) is 26.6 Å². The molecule has 30 heavy (non-hydrogen) atoms. The van der Waals surface area contributed by atoms with Crippen LogP contribution in [0.1, 0.15) is 30.4 Å². The highest BCUT2D eigenvalue weighted by Crippen LogP contribution is 2.32. The van der Waals surface area contributed by atoms with E-state index in [2.05, 4.69) is 32.8 Å². The fourth-order valence-electron chi connectivity index (χ4n) is 4.77. The molecule has 1 aliphatic rings. The molecular formula is C24H26FN5. The molecule has 5 nitrogen and oxygen atoms in total. The number of pyridine rings is 2. The maximum atomic E-state index is 13.7. The number of aryl methyl sites for hydroxylation is 2. The highest BCUT2D eigenvalue weighted by Gasteiger charge is 2.29. The van der Waals surface area contributed by atoms with Crippen LogP contribution in [0.25, 0.3) is 21.9 Å². The molecule has 1 aliphatic carbocycles. The van der Waals surface area contributed by atoms with Crippen molar-refractivity contribution in [2.75, 3.05) is 4.90 Å². The summed E-state index contributed by atoms with van der Waals surface area (Å²) >= 11 is 0. The van der Waals surface area contributed by atoms with Gasteiger partial charge in [0.25, 0.3) is 0 Å². The van der Waals surface area contributed by atoms with Gasteiger partial charge in [0.05, 0.1) is 5.52 Å². The predicted molar refractivity (Wildman–Crippen MR) is 119 cm³/mol. The molecule has 5 rings (SSSR count). The van der Waals surface area contributed by atoms with E-state index in [1.165, 1.54) is 11.6 Å². The van der Waals surface area contributed by atoms with Crippen LogP contribution in [0.2, 0.25) is 0 Å². The van der Waals surface area contributed by atoms with E-state index >= 15 is 0 Å². The SMILES string of the molecule is Cc1cc(N(Cc2cn(C)c3ncccc23)C2CCC(N)C2)nc2ccc(F)cc12. The molecule has 0 amide bonds. The Bertz CT molecular complexity index is 1230. The largest absolute Gasteiger partial charge is 0.349 e. The van der Waals surface area contributed by atoms with Gasteiger partial charge in [-0.15, -0.1) is 0 Å². The topological polar surface area (TPSA) is 60.0 Å². The Balaban J connectivity index is 1.60. The molecule has 0 saturated heterocycles. The highest BCUT2D eigenvalue weighted by atomic mass is 19.1. The molecule has 6 heteroatoms. The average Bonchev–Trinajstić information content (AvgIpc) is 3.30.